The van der Waals surface area contributed by atoms with E-state index in [0.29, 0.717) is 6.20 Å². The molecule has 0 radical (unpaired) electrons. The number of pyridine rings is 1. The number of halogens is 5. The summed E-state index contributed by atoms with van der Waals surface area (Å²) in [7, 11) is 0. The van der Waals surface area contributed by atoms with Gasteiger partial charge in [0.05, 0.1) is 5.56 Å². The molecule has 4 nitrogen and oxygen atoms in total. The van der Waals surface area contributed by atoms with Gasteiger partial charge in [0.25, 0.3) is 6.43 Å². The molecule has 100 valence electrons. The molecule has 1 N–H and O–H groups in total. The highest BCUT2D eigenvalue weighted by atomic mass is 19.4. The Morgan fingerprint density at radius 1 is 1.44 bits per heavy atom. The van der Waals surface area contributed by atoms with Crippen LogP contribution in [0.3, 0.4) is 0 Å². The molecule has 0 unspecified atom stereocenters. The van der Waals surface area contributed by atoms with E-state index in [1.807, 2.05) is 0 Å². The van der Waals surface area contributed by atoms with Gasteiger partial charge >= 0.3 is 12.3 Å². The quantitative estimate of drug-likeness (QED) is 0.859. The van der Waals surface area contributed by atoms with E-state index in [2.05, 4.69) is 9.72 Å². The van der Waals surface area contributed by atoms with Gasteiger partial charge in [-0.3, -0.25) is 4.98 Å². The van der Waals surface area contributed by atoms with Crippen LogP contribution in [0.2, 0.25) is 0 Å². The normalized spacial score (nSPS) is 11.7. The van der Waals surface area contributed by atoms with E-state index >= 15 is 0 Å². The van der Waals surface area contributed by atoms with Crippen LogP contribution < -0.4 is 4.74 Å². The van der Waals surface area contributed by atoms with Crippen LogP contribution in [0.4, 0.5) is 22.0 Å². The van der Waals surface area contributed by atoms with Gasteiger partial charge in [-0.1, -0.05) is 0 Å². The van der Waals surface area contributed by atoms with Crippen LogP contribution in [0.25, 0.3) is 0 Å². The van der Waals surface area contributed by atoms with Gasteiger partial charge < -0.3 is 9.84 Å². The molecule has 0 bridgehead atoms. The smallest absolute Gasteiger partial charge is 0.478 e. The van der Waals surface area contributed by atoms with Crippen LogP contribution in [0, 0.1) is 6.92 Å². The van der Waals surface area contributed by atoms with Crippen molar-refractivity contribution in [3.8, 4) is 5.75 Å². The Bertz CT molecular complexity index is 472. The number of carbonyl (C=O) groups is 1. The van der Waals surface area contributed by atoms with E-state index in [1.165, 1.54) is 0 Å². The summed E-state index contributed by atoms with van der Waals surface area (Å²) < 4.78 is 64.5. The van der Waals surface area contributed by atoms with Crippen molar-refractivity contribution in [2.45, 2.75) is 19.7 Å². The Hall–Kier alpha value is -1.93. The summed E-state index contributed by atoms with van der Waals surface area (Å²) in [5.41, 5.74) is -2.46. The number of nitrogens with zero attached hydrogens (tertiary/aromatic N) is 1. The van der Waals surface area contributed by atoms with E-state index < -0.39 is 41.3 Å². The molecule has 0 aliphatic rings. The summed E-state index contributed by atoms with van der Waals surface area (Å²) in [6, 6.07) is 0. The fourth-order valence-corrected chi connectivity index (χ4v) is 1.22. The van der Waals surface area contributed by atoms with Crippen molar-refractivity contribution in [3.05, 3.63) is 23.0 Å². The van der Waals surface area contributed by atoms with Gasteiger partial charge in [0.1, 0.15) is 5.69 Å². The molecule has 0 fully saturated rings. The molecule has 1 aromatic rings. The molecule has 0 spiro atoms. The lowest BCUT2D eigenvalue weighted by Gasteiger charge is -2.15. The summed E-state index contributed by atoms with van der Waals surface area (Å²) in [4.78, 5) is 13.6. The Balaban J connectivity index is 3.41. The molecule has 0 saturated heterocycles. The summed E-state index contributed by atoms with van der Waals surface area (Å²) in [5, 5.41) is 8.65. The molecular weight excluding hydrogens is 265 g/mol. The topological polar surface area (TPSA) is 59.4 Å². The predicted molar refractivity (Wildman–Crippen MR) is 47.6 cm³/mol. The van der Waals surface area contributed by atoms with Gasteiger partial charge in [0.15, 0.2) is 5.75 Å². The zero-order chi connectivity index (χ0) is 14.1. The van der Waals surface area contributed by atoms with Crippen LogP contribution in [0.15, 0.2) is 6.20 Å². The zero-order valence-electron chi connectivity index (χ0n) is 8.76. The van der Waals surface area contributed by atoms with Crippen molar-refractivity contribution in [1.82, 2.24) is 4.98 Å². The standard InChI is InChI=1S/C9H6F5NO3/c1-3-4(8(16)17)2-15-5(7(10)11)6(3)18-9(12,13)14/h2,7H,1H3,(H,16,17). The molecular formula is C9H6F5NO3. The van der Waals surface area contributed by atoms with Crippen LogP contribution >= 0.6 is 0 Å². The second-order valence-corrected chi connectivity index (χ2v) is 3.16. The fourth-order valence-electron chi connectivity index (χ4n) is 1.22. The van der Waals surface area contributed by atoms with Crippen LogP contribution in [-0.4, -0.2) is 22.4 Å². The van der Waals surface area contributed by atoms with Gasteiger partial charge in [0.2, 0.25) is 0 Å². The summed E-state index contributed by atoms with van der Waals surface area (Å²) in [5.74, 6) is -2.87. The van der Waals surface area contributed by atoms with E-state index in [0.717, 1.165) is 6.92 Å². The lowest BCUT2D eigenvalue weighted by molar-refractivity contribution is -0.275. The number of aromatic carboxylic acids is 1. The molecule has 18 heavy (non-hydrogen) atoms. The van der Waals surface area contributed by atoms with Crippen LogP contribution in [0.1, 0.15) is 28.0 Å². The summed E-state index contributed by atoms with van der Waals surface area (Å²) in [6.45, 7) is 0.929. The van der Waals surface area contributed by atoms with Gasteiger partial charge in [-0.2, -0.15) is 0 Å². The number of carboxylic acids is 1. The molecule has 0 atom stereocenters. The third-order valence-electron chi connectivity index (χ3n) is 1.96. The highest BCUT2D eigenvalue weighted by Crippen LogP contribution is 2.35. The Labute approximate surface area is 97.0 Å². The number of aromatic nitrogens is 1. The second kappa shape index (κ2) is 4.75. The lowest BCUT2D eigenvalue weighted by atomic mass is 10.1. The maximum Gasteiger partial charge on any atom is 0.573 e. The van der Waals surface area contributed by atoms with E-state index in [9.17, 15) is 26.7 Å². The van der Waals surface area contributed by atoms with E-state index in [-0.39, 0.29) is 0 Å². The first-order valence-electron chi connectivity index (χ1n) is 4.40. The summed E-state index contributed by atoms with van der Waals surface area (Å²) >= 11 is 0. The fraction of sp³-hybridized carbons (Fsp3) is 0.333. The third kappa shape index (κ3) is 3.05. The van der Waals surface area contributed by atoms with Crippen molar-refractivity contribution in [1.29, 1.82) is 0 Å². The van der Waals surface area contributed by atoms with Crippen molar-refractivity contribution in [3.63, 3.8) is 0 Å². The molecule has 1 heterocycles. The van der Waals surface area contributed by atoms with Crippen LogP contribution in [0.5, 0.6) is 5.75 Å². The first-order valence-corrected chi connectivity index (χ1v) is 4.40. The minimum atomic E-state index is -5.22. The molecule has 9 heteroatoms. The SMILES string of the molecule is Cc1c(C(=O)O)cnc(C(F)F)c1OC(F)(F)F. The van der Waals surface area contributed by atoms with Gasteiger partial charge in [0, 0.05) is 11.8 Å². The number of hydrogen-bond donors (Lipinski definition) is 1. The average molecular weight is 271 g/mol. The Morgan fingerprint density at radius 2 is 2.00 bits per heavy atom. The molecule has 0 saturated carbocycles. The van der Waals surface area contributed by atoms with Crippen molar-refractivity contribution in [2.75, 3.05) is 0 Å². The third-order valence-corrected chi connectivity index (χ3v) is 1.96. The van der Waals surface area contributed by atoms with Crippen molar-refractivity contribution >= 4 is 5.97 Å². The highest BCUT2D eigenvalue weighted by molar-refractivity contribution is 5.89. The second-order valence-electron chi connectivity index (χ2n) is 3.16. The average Bonchev–Trinajstić information content (AvgIpc) is 2.17. The van der Waals surface area contributed by atoms with E-state index in [1.54, 1.807) is 0 Å². The molecule has 0 amide bonds. The maximum absolute atomic E-state index is 12.5. The largest absolute Gasteiger partial charge is 0.573 e. The zero-order valence-corrected chi connectivity index (χ0v) is 8.76. The predicted octanol–water partition coefficient (Wildman–Crippen LogP) is 2.92. The Morgan fingerprint density at radius 3 is 2.39 bits per heavy atom. The Kier molecular flexibility index (Phi) is 3.73. The molecule has 0 aliphatic heterocycles. The molecule has 1 rings (SSSR count). The van der Waals surface area contributed by atoms with Gasteiger partial charge in [-0.05, 0) is 6.92 Å². The monoisotopic (exact) mass is 271 g/mol. The maximum atomic E-state index is 12.5. The van der Waals surface area contributed by atoms with E-state index in [4.69, 9.17) is 5.11 Å². The summed E-state index contributed by atoms with van der Waals surface area (Å²) in [6.07, 6.45) is -7.97. The lowest BCUT2D eigenvalue weighted by Crippen LogP contribution is -2.20. The molecule has 0 aliphatic carbocycles. The van der Waals surface area contributed by atoms with Gasteiger partial charge in [-0.15, -0.1) is 13.2 Å². The minimum Gasteiger partial charge on any atom is -0.478 e. The van der Waals surface area contributed by atoms with Crippen LogP contribution in [-0.2, 0) is 0 Å². The number of rotatable bonds is 3. The minimum absolute atomic E-state index is 0.558. The molecule has 1 aromatic heterocycles. The first-order chi connectivity index (χ1) is 8.13. The highest BCUT2D eigenvalue weighted by Gasteiger charge is 2.35. The first kappa shape index (κ1) is 14.1. The number of carboxylic acid groups (broad SMARTS) is 1. The number of alkyl halides is 5. The number of hydrogen-bond acceptors (Lipinski definition) is 3. The molecule has 0 aromatic carbocycles. The van der Waals surface area contributed by atoms with Gasteiger partial charge in [-0.25, -0.2) is 13.6 Å². The van der Waals surface area contributed by atoms with Crippen molar-refractivity contribution < 1.29 is 36.6 Å². The number of ether oxygens (including phenoxy) is 1. The van der Waals surface area contributed by atoms with Crippen molar-refractivity contribution in [2.24, 2.45) is 0 Å².